The second-order valence-corrected chi connectivity index (χ2v) is 4.71. The van der Waals surface area contributed by atoms with Crippen LogP contribution >= 0.6 is 15.9 Å². The fraction of sp³-hybridized carbons (Fsp3) is 0.273. The molecule has 16 heavy (non-hydrogen) atoms. The molecule has 84 valence electrons. The van der Waals surface area contributed by atoms with E-state index in [0.717, 1.165) is 0 Å². The van der Waals surface area contributed by atoms with Gasteiger partial charge < -0.3 is 10.2 Å². The second kappa shape index (κ2) is 3.59. The molecule has 0 unspecified atom stereocenters. The van der Waals surface area contributed by atoms with Crippen molar-refractivity contribution in [1.82, 2.24) is 0 Å². The van der Waals surface area contributed by atoms with Gasteiger partial charge in [0.05, 0.1) is 4.47 Å². The van der Waals surface area contributed by atoms with E-state index in [4.69, 9.17) is 0 Å². The molecule has 0 atom stereocenters. The zero-order valence-corrected chi connectivity index (χ0v) is 9.82. The van der Waals surface area contributed by atoms with Crippen molar-refractivity contribution >= 4 is 27.7 Å². The molecule has 0 amide bonds. The molecule has 1 aromatic rings. The molecule has 5 heteroatoms. The Labute approximate surface area is 100 Å². The van der Waals surface area contributed by atoms with Crippen LogP contribution in [-0.2, 0) is 15.0 Å². The summed E-state index contributed by atoms with van der Waals surface area (Å²) in [5.41, 5.74) is -0.714. The first kappa shape index (κ1) is 11.1. The first-order valence-corrected chi connectivity index (χ1v) is 5.50. The summed E-state index contributed by atoms with van der Waals surface area (Å²) in [7, 11) is 0. The SMILES string of the molecule is O=C1CC(C(=O)O)(c2cccc(O)c2Br)C1. The zero-order chi connectivity index (χ0) is 11.9. The Bertz CT molecular complexity index is 473. The molecule has 4 nitrogen and oxygen atoms in total. The Morgan fingerprint density at radius 1 is 1.38 bits per heavy atom. The van der Waals surface area contributed by atoms with Crippen LogP contribution in [0.5, 0.6) is 5.75 Å². The molecular weight excluding hydrogens is 276 g/mol. The molecule has 0 saturated heterocycles. The van der Waals surface area contributed by atoms with Crippen molar-refractivity contribution in [1.29, 1.82) is 0 Å². The highest BCUT2D eigenvalue weighted by Gasteiger charge is 2.52. The Morgan fingerprint density at radius 3 is 2.50 bits per heavy atom. The van der Waals surface area contributed by atoms with Crippen molar-refractivity contribution in [2.24, 2.45) is 0 Å². The lowest BCUT2D eigenvalue weighted by molar-refractivity contribution is -0.153. The highest BCUT2D eigenvalue weighted by Crippen LogP contribution is 2.46. The number of hydrogen-bond acceptors (Lipinski definition) is 3. The molecule has 1 fully saturated rings. The van der Waals surface area contributed by atoms with E-state index in [0.29, 0.717) is 10.0 Å². The Balaban J connectivity index is 2.53. The Hall–Kier alpha value is -1.36. The van der Waals surface area contributed by atoms with Crippen molar-refractivity contribution in [3.8, 4) is 5.75 Å². The summed E-state index contributed by atoms with van der Waals surface area (Å²) in [6.45, 7) is 0. The van der Waals surface area contributed by atoms with Crippen molar-refractivity contribution in [3.63, 3.8) is 0 Å². The largest absolute Gasteiger partial charge is 0.507 e. The van der Waals surface area contributed by atoms with Gasteiger partial charge in [-0.2, -0.15) is 0 Å². The molecule has 0 spiro atoms. The molecule has 0 aromatic heterocycles. The first-order chi connectivity index (χ1) is 7.47. The van der Waals surface area contributed by atoms with Gasteiger partial charge in [0.2, 0.25) is 0 Å². The summed E-state index contributed by atoms with van der Waals surface area (Å²) < 4.78 is 0.352. The molecule has 0 radical (unpaired) electrons. The lowest BCUT2D eigenvalue weighted by Gasteiger charge is -2.37. The van der Waals surface area contributed by atoms with Gasteiger partial charge in [-0.1, -0.05) is 12.1 Å². The number of carbonyl (C=O) groups excluding carboxylic acids is 1. The molecule has 2 rings (SSSR count). The number of rotatable bonds is 2. The molecule has 1 aliphatic carbocycles. The summed E-state index contributed by atoms with van der Waals surface area (Å²) in [5, 5.41) is 18.7. The van der Waals surface area contributed by atoms with Gasteiger partial charge in [-0.25, -0.2) is 0 Å². The molecule has 1 aromatic carbocycles. The van der Waals surface area contributed by atoms with Gasteiger partial charge >= 0.3 is 5.97 Å². The highest BCUT2D eigenvalue weighted by atomic mass is 79.9. The minimum atomic E-state index is -1.17. The summed E-state index contributed by atoms with van der Waals surface area (Å²) in [6, 6.07) is 4.65. The summed E-state index contributed by atoms with van der Waals surface area (Å²) in [6.07, 6.45) is -0.0191. The van der Waals surface area contributed by atoms with Crippen LogP contribution < -0.4 is 0 Å². The molecule has 1 aliphatic rings. The van der Waals surface area contributed by atoms with Crippen LogP contribution in [0.4, 0.5) is 0 Å². The summed E-state index contributed by atoms with van der Waals surface area (Å²) in [5.74, 6) is -1.12. The summed E-state index contributed by atoms with van der Waals surface area (Å²) in [4.78, 5) is 22.3. The maximum absolute atomic E-state index is 11.3. The van der Waals surface area contributed by atoms with E-state index in [9.17, 15) is 19.8 Å². The van der Waals surface area contributed by atoms with Gasteiger partial charge in [0.1, 0.15) is 16.9 Å². The van der Waals surface area contributed by atoms with Gasteiger partial charge in [-0.05, 0) is 27.6 Å². The van der Waals surface area contributed by atoms with Gasteiger partial charge in [0.15, 0.2) is 0 Å². The third-order valence-corrected chi connectivity index (χ3v) is 3.73. The zero-order valence-electron chi connectivity index (χ0n) is 8.24. The lowest BCUT2D eigenvalue weighted by atomic mass is 9.63. The van der Waals surface area contributed by atoms with E-state index < -0.39 is 11.4 Å². The normalized spacial score (nSPS) is 17.9. The van der Waals surface area contributed by atoms with E-state index in [2.05, 4.69) is 15.9 Å². The quantitative estimate of drug-likeness (QED) is 0.869. The monoisotopic (exact) mass is 284 g/mol. The topological polar surface area (TPSA) is 74.6 Å². The van der Waals surface area contributed by atoms with Crippen LogP contribution in [0.3, 0.4) is 0 Å². The van der Waals surface area contributed by atoms with E-state index in [1.54, 1.807) is 12.1 Å². The number of Topliss-reactive ketones (excluding diaryl/α,β-unsaturated/α-hetero) is 1. The van der Waals surface area contributed by atoms with Crippen molar-refractivity contribution in [2.75, 3.05) is 0 Å². The minimum absolute atomic E-state index is 0.00954. The highest BCUT2D eigenvalue weighted by molar-refractivity contribution is 9.10. The van der Waals surface area contributed by atoms with Gasteiger partial charge in [0, 0.05) is 12.8 Å². The Kier molecular flexibility index (Phi) is 2.50. The van der Waals surface area contributed by atoms with Crippen LogP contribution in [0.2, 0.25) is 0 Å². The fourth-order valence-corrected chi connectivity index (χ4v) is 2.61. The average Bonchev–Trinajstić information content (AvgIpc) is 2.17. The maximum Gasteiger partial charge on any atom is 0.315 e. The molecule has 2 N–H and O–H groups in total. The number of carboxylic acids is 1. The van der Waals surface area contributed by atoms with Crippen molar-refractivity contribution in [3.05, 3.63) is 28.2 Å². The van der Waals surface area contributed by atoms with Gasteiger partial charge in [0.25, 0.3) is 0 Å². The number of halogens is 1. The number of benzene rings is 1. The van der Waals surface area contributed by atoms with Crippen LogP contribution in [-0.4, -0.2) is 22.0 Å². The standard InChI is InChI=1S/C11H9BrO4/c12-9-7(2-1-3-8(9)14)11(10(15)16)4-6(13)5-11/h1-3,14H,4-5H2,(H,15,16). The number of carboxylic acid groups (broad SMARTS) is 1. The minimum Gasteiger partial charge on any atom is -0.507 e. The number of hydrogen-bond donors (Lipinski definition) is 2. The van der Waals surface area contributed by atoms with Crippen LogP contribution in [0.15, 0.2) is 22.7 Å². The fourth-order valence-electron chi connectivity index (χ4n) is 1.97. The number of carbonyl (C=O) groups is 2. The van der Waals surface area contributed by atoms with Crippen LogP contribution in [0.1, 0.15) is 18.4 Å². The number of phenolic OH excluding ortho intramolecular Hbond substituents is 1. The summed E-state index contributed by atoms with van der Waals surface area (Å²) >= 11 is 3.15. The smallest absolute Gasteiger partial charge is 0.315 e. The van der Waals surface area contributed by atoms with Crippen LogP contribution in [0.25, 0.3) is 0 Å². The molecular formula is C11H9BrO4. The Morgan fingerprint density at radius 2 is 2.00 bits per heavy atom. The molecule has 0 bridgehead atoms. The third-order valence-electron chi connectivity index (χ3n) is 2.90. The van der Waals surface area contributed by atoms with E-state index in [1.807, 2.05) is 0 Å². The van der Waals surface area contributed by atoms with Gasteiger partial charge in [-0.15, -0.1) is 0 Å². The van der Waals surface area contributed by atoms with E-state index >= 15 is 0 Å². The van der Waals surface area contributed by atoms with E-state index in [1.165, 1.54) is 6.07 Å². The number of aromatic hydroxyl groups is 1. The number of aliphatic carboxylic acids is 1. The van der Waals surface area contributed by atoms with Crippen molar-refractivity contribution in [2.45, 2.75) is 18.3 Å². The first-order valence-electron chi connectivity index (χ1n) is 4.70. The molecule has 1 saturated carbocycles. The third kappa shape index (κ3) is 1.43. The van der Waals surface area contributed by atoms with Crippen molar-refractivity contribution < 1.29 is 19.8 Å². The average molecular weight is 285 g/mol. The predicted octanol–water partition coefficient (Wildman–Crippen LogP) is 1.84. The van der Waals surface area contributed by atoms with Gasteiger partial charge in [-0.3, -0.25) is 9.59 Å². The molecule has 0 aliphatic heterocycles. The lowest BCUT2D eigenvalue weighted by Crippen LogP contribution is -2.48. The number of phenols is 1. The van der Waals surface area contributed by atoms with Crippen LogP contribution in [0, 0.1) is 0 Å². The molecule has 0 heterocycles. The maximum atomic E-state index is 11.3. The second-order valence-electron chi connectivity index (χ2n) is 3.92. The predicted molar refractivity (Wildman–Crippen MR) is 59.4 cm³/mol. The van der Waals surface area contributed by atoms with E-state index in [-0.39, 0.29) is 24.4 Å². The number of ketones is 1.